The van der Waals surface area contributed by atoms with Crippen LogP contribution in [0.5, 0.6) is 0 Å². The molecule has 1 amide bonds. The maximum absolute atomic E-state index is 14.7. The van der Waals surface area contributed by atoms with Crippen molar-refractivity contribution in [2.75, 3.05) is 6.61 Å². The topological polar surface area (TPSA) is 127 Å². The molecular weight excluding hydrogens is 652 g/mol. The molecule has 1 fully saturated rings. The standard InChI is InChI=1S/C34H35ClF4N6O3/c1-31(2,3)19-34(24-8-5-20(6-9-24)23-16-42-44(17-23)29(36)37)28(47)45(30(41)43-34)26(21-7-10-25(35)22(13-21)15-40)18-48-27(46)14-33(11-12-33)32(4,38)39/h5-10,13,16-17,26,29H,11-12,14,18-19H2,1-4H3,(H2,41,43)/t26-,34-/m1/s1. The van der Waals surface area contributed by atoms with Crippen LogP contribution < -0.4 is 5.73 Å². The zero-order valence-electron chi connectivity index (χ0n) is 26.8. The maximum atomic E-state index is 14.7. The van der Waals surface area contributed by atoms with E-state index in [1.54, 1.807) is 30.3 Å². The lowest BCUT2D eigenvalue weighted by Crippen LogP contribution is -2.47. The number of benzene rings is 2. The van der Waals surface area contributed by atoms with Gasteiger partial charge in [0.15, 0.2) is 11.5 Å². The van der Waals surface area contributed by atoms with Gasteiger partial charge in [-0.25, -0.2) is 18.5 Å². The van der Waals surface area contributed by atoms with Crippen molar-refractivity contribution in [2.45, 2.75) is 77.4 Å². The van der Waals surface area contributed by atoms with Gasteiger partial charge in [-0.15, -0.1) is 0 Å². The summed E-state index contributed by atoms with van der Waals surface area (Å²) in [5.74, 6) is -4.65. The minimum Gasteiger partial charge on any atom is -0.463 e. The Kier molecular flexibility index (Phi) is 9.11. The molecule has 1 aromatic heterocycles. The van der Waals surface area contributed by atoms with Gasteiger partial charge < -0.3 is 10.5 Å². The van der Waals surface area contributed by atoms with Crippen molar-refractivity contribution < 1.29 is 31.9 Å². The molecule has 9 nitrogen and oxygen atoms in total. The van der Waals surface area contributed by atoms with Gasteiger partial charge in [0.05, 0.1) is 29.2 Å². The van der Waals surface area contributed by atoms with Crippen LogP contribution in [0.3, 0.4) is 0 Å². The molecule has 2 N–H and O–H groups in total. The third kappa shape index (κ3) is 6.76. The van der Waals surface area contributed by atoms with Crippen LogP contribution in [-0.4, -0.2) is 45.0 Å². The summed E-state index contributed by atoms with van der Waals surface area (Å²) in [6.07, 6.45) is 2.59. The van der Waals surface area contributed by atoms with E-state index in [1.807, 2.05) is 26.8 Å². The second-order valence-corrected chi connectivity index (χ2v) is 14.1. The Morgan fingerprint density at radius 3 is 2.33 bits per heavy atom. The number of guanidine groups is 1. The highest BCUT2D eigenvalue weighted by Crippen LogP contribution is 2.59. The average molecular weight is 687 g/mol. The van der Waals surface area contributed by atoms with Crippen molar-refractivity contribution in [3.63, 3.8) is 0 Å². The fraction of sp³-hybridized carbons (Fsp3) is 0.441. The first-order valence-electron chi connectivity index (χ1n) is 15.2. The second-order valence-electron chi connectivity index (χ2n) is 13.7. The lowest BCUT2D eigenvalue weighted by molar-refractivity contribution is -0.153. The van der Waals surface area contributed by atoms with Gasteiger partial charge in [0.1, 0.15) is 12.7 Å². The highest BCUT2D eigenvalue weighted by molar-refractivity contribution is 6.31. The molecule has 1 aliphatic carbocycles. The molecule has 1 aliphatic heterocycles. The molecule has 48 heavy (non-hydrogen) atoms. The number of halogens is 5. The van der Waals surface area contributed by atoms with Crippen molar-refractivity contribution in [3.05, 3.63) is 76.6 Å². The van der Waals surface area contributed by atoms with Crippen LogP contribution in [0.15, 0.2) is 59.9 Å². The van der Waals surface area contributed by atoms with Crippen molar-refractivity contribution in [3.8, 4) is 17.2 Å². The van der Waals surface area contributed by atoms with Gasteiger partial charge in [0, 0.05) is 17.2 Å². The molecule has 1 saturated carbocycles. The van der Waals surface area contributed by atoms with E-state index in [9.17, 15) is 32.4 Å². The average Bonchev–Trinajstić information content (AvgIpc) is 3.54. The van der Waals surface area contributed by atoms with Crippen LogP contribution in [0.1, 0.15) is 82.7 Å². The molecule has 0 radical (unpaired) electrons. The molecule has 14 heteroatoms. The van der Waals surface area contributed by atoms with Gasteiger partial charge in [0.25, 0.3) is 11.8 Å². The van der Waals surface area contributed by atoms with Gasteiger partial charge in [-0.1, -0.05) is 62.7 Å². The fourth-order valence-electron chi connectivity index (χ4n) is 6.18. The number of esters is 1. The highest BCUT2D eigenvalue weighted by atomic mass is 35.5. The summed E-state index contributed by atoms with van der Waals surface area (Å²) in [5, 5.41) is 13.5. The molecule has 0 spiro atoms. The first-order valence-corrected chi connectivity index (χ1v) is 15.6. The van der Waals surface area contributed by atoms with Crippen LogP contribution in [0.2, 0.25) is 5.02 Å². The van der Waals surface area contributed by atoms with E-state index >= 15 is 0 Å². The van der Waals surface area contributed by atoms with E-state index in [2.05, 4.69) is 5.10 Å². The van der Waals surface area contributed by atoms with Crippen molar-refractivity contribution in [1.82, 2.24) is 14.7 Å². The highest BCUT2D eigenvalue weighted by Gasteiger charge is 2.60. The molecule has 2 heterocycles. The first kappa shape index (κ1) is 34.9. The zero-order chi connectivity index (χ0) is 35.2. The molecule has 0 saturated heterocycles. The Hall–Kier alpha value is -4.44. The Morgan fingerprint density at radius 1 is 1.12 bits per heavy atom. The number of nitrogens with zero attached hydrogens (tertiary/aromatic N) is 5. The normalized spacial score (nSPS) is 19.6. The number of rotatable bonds is 11. The van der Waals surface area contributed by atoms with Crippen molar-refractivity contribution >= 4 is 29.4 Å². The molecular formula is C34H35ClF4N6O3. The van der Waals surface area contributed by atoms with Crippen LogP contribution in [0.4, 0.5) is 17.6 Å². The van der Waals surface area contributed by atoms with Gasteiger partial charge >= 0.3 is 12.5 Å². The number of carbonyl (C=O) groups excluding carboxylic acids is 2. The SMILES string of the molecule is CC(C)(C)C[C@]1(c2ccc(-c3cnn(C(F)F)c3)cc2)N=C(N)N([C@H](COC(=O)CC2(C(C)(F)F)CC2)c2ccc(Cl)c(C#N)c2)C1=O. The fourth-order valence-corrected chi connectivity index (χ4v) is 6.34. The summed E-state index contributed by atoms with van der Waals surface area (Å²) in [4.78, 5) is 33.6. The molecule has 254 valence electrons. The number of alkyl halides is 4. The van der Waals surface area contributed by atoms with Gasteiger partial charge in [-0.2, -0.15) is 19.1 Å². The van der Waals surface area contributed by atoms with Gasteiger partial charge in [0.2, 0.25) is 0 Å². The molecule has 3 aromatic rings. The minimum atomic E-state index is -3.07. The smallest absolute Gasteiger partial charge is 0.333 e. The lowest BCUT2D eigenvalue weighted by atomic mass is 9.75. The van der Waals surface area contributed by atoms with E-state index in [4.69, 9.17) is 27.1 Å². The minimum absolute atomic E-state index is 0.0990. The second kappa shape index (κ2) is 12.5. The van der Waals surface area contributed by atoms with Gasteiger partial charge in [-0.3, -0.25) is 14.5 Å². The summed E-state index contributed by atoms with van der Waals surface area (Å²) in [6, 6.07) is 12.0. The van der Waals surface area contributed by atoms with E-state index in [0.29, 0.717) is 26.9 Å². The molecule has 2 aromatic carbocycles. The number of ether oxygens (including phenoxy) is 1. The molecule has 0 unspecified atom stereocenters. The van der Waals surface area contributed by atoms with Crippen LogP contribution in [0.25, 0.3) is 11.1 Å². The third-order valence-corrected chi connectivity index (χ3v) is 9.21. The van der Waals surface area contributed by atoms with E-state index in [0.717, 1.165) is 6.92 Å². The molecule has 5 rings (SSSR count). The first-order chi connectivity index (χ1) is 22.4. The Labute approximate surface area is 280 Å². The molecule has 2 aliphatic rings. The number of aliphatic imine (C=N–C) groups is 1. The maximum Gasteiger partial charge on any atom is 0.333 e. The summed E-state index contributed by atoms with van der Waals surface area (Å²) in [7, 11) is 0. The van der Waals surface area contributed by atoms with E-state index in [1.165, 1.54) is 29.4 Å². The van der Waals surface area contributed by atoms with E-state index in [-0.39, 0.29) is 35.8 Å². The summed E-state index contributed by atoms with van der Waals surface area (Å²) >= 11 is 6.19. The zero-order valence-corrected chi connectivity index (χ0v) is 27.6. The Balaban J connectivity index is 1.51. The number of nitrogens with two attached hydrogens (primary N) is 1. The molecule has 2 atom stereocenters. The monoisotopic (exact) mass is 686 g/mol. The predicted octanol–water partition coefficient (Wildman–Crippen LogP) is 7.37. The number of hydrogen-bond acceptors (Lipinski definition) is 7. The quantitative estimate of drug-likeness (QED) is 0.166. The third-order valence-electron chi connectivity index (χ3n) is 8.89. The van der Waals surface area contributed by atoms with Crippen LogP contribution >= 0.6 is 11.6 Å². The Morgan fingerprint density at radius 2 is 1.79 bits per heavy atom. The number of hydrogen-bond donors (Lipinski definition) is 1. The van der Waals surface area contributed by atoms with E-state index < -0.39 is 59.8 Å². The predicted molar refractivity (Wildman–Crippen MR) is 170 cm³/mol. The number of nitriles is 1. The largest absolute Gasteiger partial charge is 0.463 e. The summed E-state index contributed by atoms with van der Waals surface area (Å²) in [6.45, 7) is 3.31. The number of carbonyl (C=O) groups is 2. The Bertz CT molecular complexity index is 1790. The lowest BCUT2D eigenvalue weighted by Gasteiger charge is -2.35. The summed E-state index contributed by atoms with van der Waals surface area (Å²) < 4.78 is 60.8. The van der Waals surface area contributed by atoms with Crippen LogP contribution in [-0.2, 0) is 19.9 Å². The van der Waals surface area contributed by atoms with Crippen LogP contribution in [0, 0.1) is 22.2 Å². The van der Waals surface area contributed by atoms with Crippen molar-refractivity contribution in [1.29, 1.82) is 5.26 Å². The van der Waals surface area contributed by atoms with Gasteiger partial charge in [-0.05, 0) is 60.4 Å². The number of aromatic nitrogens is 2. The molecule has 0 bridgehead atoms. The van der Waals surface area contributed by atoms with Crippen molar-refractivity contribution in [2.24, 2.45) is 21.6 Å². The summed E-state index contributed by atoms with van der Waals surface area (Å²) in [5.41, 5.74) is 4.99. The number of amides is 1.